The summed E-state index contributed by atoms with van der Waals surface area (Å²) >= 11 is 1.33. The van der Waals surface area contributed by atoms with Crippen LogP contribution in [0.5, 0.6) is 0 Å². The highest BCUT2D eigenvalue weighted by Crippen LogP contribution is 2.30. The standard InChI is InChI=1S/C18H15N5O3S/c24-15(7-8-23-17(26)6-5-16(25)22-23)21-18-20-14(10-27-18)12-9-19-13-4-2-1-3-11(12)13/h1-6,9-10,19H,7-8H2,(H,22,25)(H,20,21,24). The molecule has 0 spiro atoms. The molecule has 0 saturated carbocycles. The maximum atomic E-state index is 12.1. The Kier molecular flexibility index (Phi) is 4.43. The monoisotopic (exact) mass is 381 g/mol. The Balaban J connectivity index is 1.44. The van der Waals surface area contributed by atoms with Crippen molar-refractivity contribution in [2.45, 2.75) is 13.0 Å². The predicted molar refractivity (Wildman–Crippen MR) is 104 cm³/mol. The second kappa shape index (κ2) is 7.04. The van der Waals surface area contributed by atoms with Crippen molar-refractivity contribution in [3.8, 4) is 11.3 Å². The number of carbonyl (C=O) groups is 1. The van der Waals surface area contributed by atoms with Crippen LogP contribution in [0, 0.1) is 0 Å². The van der Waals surface area contributed by atoms with Crippen molar-refractivity contribution in [3.05, 3.63) is 68.7 Å². The Bertz CT molecular complexity index is 1230. The van der Waals surface area contributed by atoms with Gasteiger partial charge < -0.3 is 10.3 Å². The minimum absolute atomic E-state index is 0.0435. The highest BCUT2D eigenvalue weighted by molar-refractivity contribution is 7.14. The number of amides is 1. The van der Waals surface area contributed by atoms with Gasteiger partial charge in [0.15, 0.2) is 5.13 Å². The lowest BCUT2D eigenvalue weighted by molar-refractivity contribution is -0.116. The quantitative estimate of drug-likeness (QED) is 0.492. The lowest BCUT2D eigenvalue weighted by Gasteiger charge is -2.04. The topological polar surface area (TPSA) is 113 Å². The lowest BCUT2D eigenvalue weighted by Crippen LogP contribution is -2.29. The molecule has 0 fully saturated rings. The highest BCUT2D eigenvalue weighted by Gasteiger charge is 2.11. The molecule has 0 aliphatic carbocycles. The zero-order valence-corrected chi connectivity index (χ0v) is 14.9. The molecular weight excluding hydrogens is 366 g/mol. The summed E-state index contributed by atoms with van der Waals surface area (Å²) in [6.07, 6.45) is 1.94. The Labute approximate surface area is 156 Å². The van der Waals surface area contributed by atoms with E-state index in [1.165, 1.54) is 17.4 Å². The summed E-state index contributed by atoms with van der Waals surface area (Å²) in [5, 5.41) is 8.54. The van der Waals surface area contributed by atoms with Gasteiger partial charge in [-0.3, -0.25) is 19.5 Å². The molecule has 3 aromatic heterocycles. The Morgan fingerprint density at radius 3 is 2.93 bits per heavy atom. The van der Waals surface area contributed by atoms with Gasteiger partial charge in [0.05, 0.1) is 12.2 Å². The number of benzene rings is 1. The van der Waals surface area contributed by atoms with Crippen LogP contribution in [0.4, 0.5) is 5.13 Å². The van der Waals surface area contributed by atoms with Crippen molar-refractivity contribution >= 4 is 33.3 Å². The normalized spacial score (nSPS) is 11.0. The zero-order valence-electron chi connectivity index (χ0n) is 14.1. The minimum atomic E-state index is -0.390. The molecule has 1 aromatic carbocycles. The molecule has 0 bridgehead atoms. The molecule has 4 aromatic rings. The van der Waals surface area contributed by atoms with E-state index in [1.54, 1.807) is 0 Å². The van der Waals surface area contributed by atoms with E-state index < -0.39 is 5.56 Å². The van der Waals surface area contributed by atoms with Crippen LogP contribution in [0.3, 0.4) is 0 Å². The van der Waals surface area contributed by atoms with Crippen molar-refractivity contribution in [1.29, 1.82) is 0 Å². The number of aromatic nitrogens is 4. The van der Waals surface area contributed by atoms with E-state index >= 15 is 0 Å². The van der Waals surface area contributed by atoms with E-state index in [4.69, 9.17) is 0 Å². The SMILES string of the molecule is O=C(CCn1[nH]c(=O)ccc1=O)Nc1nc(-c2c[nH]c3ccccc23)cs1. The largest absolute Gasteiger partial charge is 0.360 e. The fourth-order valence-electron chi connectivity index (χ4n) is 2.76. The fraction of sp³-hybridized carbons (Fsp3) is 0.111. The number of aromatic amines is 2. The Hall–Kier alpha value is -3.46. The molecule has 1 amide bonds. The summed E-state index contributed by atoms with van der Waals surface area (Å²) in [7, 11) is 0. The maximum absolute atomic E-state index is 12.1. The van der Waals surface area contributed by atoms with Gasteiger partial charge in [0.25, 0.3) is 11.1 Å². The minimum Gasteiger partial charge on any atom is -0.360 e. The molecule has 136 valence electrons. The number of H-pyrrole nitrogens is 2. The van der Waals surface area contributed by atoms with Crippen LogP contribution >= 0.6 is 11.3 Å². The molecule has 0 aliphatic heterocycles. The number of para-hydroxylation sites is 1. The second-order valence-corrected chi connectivity index (χ2v) is 6.74. The lowest BCUT2D eigenvalue weighted by atomic mass is 10.1. The molecule has 27 heavy (non-hydrogen) atoms. The van der Waals surface area contributed by atoms with Gasteiger partial charge in [0.2, 0.25) is 5.91 Å². The summed E-state index contributed by atoms with van der Waals surface area (Å²) < 4.78 is 1.11. The fourth-order valence-corrected chi connectivity index (χ4v) is 3.49. The summed E-state index contributed by atoms with van der Waals surface area (Å²) in [4.78, 5) is 42.7. The van der Waals surface area contributed by atoms with E-state index in [2.05, 4.69) is 20.4 Å². The summed E-state index contributed by atoms with van der Waals surface area (Å²) in [5.41, 5.74) is 2.01. The van der Waals surface area contributed by atoms with E-state index in [0.29, 0.717) is 5.13 Å². The Morgan fingerprint density at radius 2 is 2.04 bits per heavy atom. The van der Waals surface area contributed by atoms with E-state index in [9.17, 15) is 14.4 Å². The summed E-state index contributed by atoms with van der Waals surface area (Å²) in [6, 6.07) is 10.2. The summed E-state index contributed by atoms with van der Waals surface area (Å²) in [5.74, 6) is -0.286. The number of carbonyl (C=O) groups excluding carboxylic acids is 1. The van der Waals surface area contributed by atoms with Crippen LogP contribution in [0.25, 0.3) is 22.2 Å². The van der Waals surface area contributed by atoms with Gasteiger partial charge in [-0.15, -0.1) is 11.3 Å². The van der Waals surface area contributed by atoms with Crippen LogP contribution in [0.1, 0.15) is 6.42 Å². The predicted octanol–water partition coefficient (Wildman–Crippen LogP) is 2.17. The van der Waals surface area contributed by atoms with E-state index in [1.807, 2.05) is 35.8 Å². The zero-order chi connectivity index (χ0) is 18.8. The van der Waals surface area contributed by atoms with Crippen LogP contribution in [0.2, 0.25) is 0 Å². The molecule has 0 aliphatic rings. The highest BCUT2D eigenvalue weighted by atomic mass is 32.1. The third-order valence-corrected chi connectivity index (χ3v) is 4.82. The van der Waals surface area contributed by atoms with Crippen LogP contribution in [-0.4, -0.2) is 25.7 Å². The first-order valence-corrected chi connectivity index (χ1v) is 9.10. The number of anilines is 1. The van der Waals surface area contributed by atoms with Crippen molar-refractivity contribution in [2.24, 2.45) is 0 Å². The number of hydrogen-bond donors (Lipinski definition) is 3. The third kappa shape index (κ3) is 3.58. The summed E-state index contributed by atoms with van der Waals surface area (Å²) in [6.45, 7) is 0.0847. The first-order valence-electron chi connectivity index (χ1n) is 8.22. The Morgan fingerprint density at radius 1 is 1.19 bits per heavy atom. The van der Waals surface area contributed by atoms with E-state index in [0.717, 1.165) is 32.9 Å². The third-order valence-electron chi connectivity index (χ3n) is 4.07. The average molecular weight is 381 g/mol. The molecule has 0 unspecified atom stereocenters. The smallest absolute Gasteiger partial charge is 0.265 e. The van der Waals surface area contributed by atoms with Gasteiger partial charge in [-0.05, 0) is 6.07 Å². The number of hydrogen-bond acceptors (Lipinski definition) is 5. The van der Waals surface area contributed by atoms with Crippen molar-refractivity contribution in [1.82, 2.24) is 19.7 Å². The first-order chi connectivity index (χ1) is 13.1. The number of nitrogens with one attached hydrogen (secondary N) is 3. The van der Waals surface area contributed by atoms with Gasteiger partial charge in [-0.2, -0.15) is 0 Å². The van der Waals surface area contributed by atoms with Gasteiger partial charge in [-0.1, -0.05) is 18.2 Å². The number of aryl methyl sites for hydroxylation is 1. The first kappa shape index (κ1) is 17.0. The second-order valence-electron chi connectivity index (χ2n) is 5.88. The molecule has 9 heteroatoms. The number of thiazole rings is 1. The van der Waals surface area contributed by atoms with Crippen molar-refractivity contribution in [2.75, 3.05) is 5.32 Å². The average Bonchev–Trinajstić information content (AvgIpc) is 3.29. The number of fused-ring (bicyclic) bond motifs is 1. The molecular formula is C18H15N5O3S. The molecule has 3 N–H and O–H groups in total. The number of nitrogens with zero attached hydrogens (tertiary/aromatic N) is 2. The van der Waals surface area contributed by atoms with Crippen LogP contribution in [-0.2, 0) is 11.3 Å². The van der Waals surface area contributed by atoms with Gasteiger partial charge >= 0.3 is 0 Å². The van der Waals surface area contributed by atoms with Gasteiger partial charge in [-0.25, -0.2) is 9.67 Å². The van der Waals surface area contributed by atoms with Crippen LogP contribution in [0.15, 0.2) is 57.6 Å². The van der Waals surface area contributed by atoms with Crippen molar-refractivity contribution < 1.29 is 4.79 Å². The molecule has 0 saturated heterocycles. The van der Waals surface area contributed by atoms with E-state index in [-0.39, 0.29) is 24.4 Å². The van der Waals surface area contributed by atoms with Gasteiger partial charge in [0, 0.05) is 46.6 Å². The maximum Gasteiger partial charge on any atom is 0.265 e. The molecule has 8 nitrogen and oxygen atoms in total. The van der Waals surface area contributed by atoms with Crippen LogP contribution < -0.4 is 16.4 Å². The number of rotatable bonds is 5. The molecule has 0 atom stereocenters. The van der Waals surface area contributed by atoms with Crippen molar-refractivity contribution in [3.63, 3.8) is 0 Å². The molecule has 3 heterocycles. The molecule has 0 radical (unpaired) electrons. The molecule has 4 rings (SSSR count). The van der Waals surface area contributed by atoms with Gasteiger partial charge in [0.1, 0.15) is 0 Å².